The van der Waals surface area contributed by atoms with Gasteiger partial charge in [-0.2, -0.15) is 4.31 Å². The Kier molecular flexibility index (Phi) is 7.44. The molecule has 162 valence electrons. The summed E-state index contributed by atoms with van der Waals surface area (Å²) in [4.78, 5) is 14.9. The van der Waals surface area contributed by atoms with Gasteiger partial charge in [-0.05, 0) is 35.4 Å². The van der Waals surface area contributed by atoms with Crippen LogP contribution in [0.2, 0.25) is 0 Å². The SMILES string of the molecule is COc1ccc(S(=O)(=O)N(C)CC(=O)N(Cc2ccccc2)Cc2ccccc2)cc1. The molecule has 0 saturated heterocycles. The van der Waals surface area contributed by atoms with E-state index in [9.17, 15) is 13.2 Å². The molecule has 0 fully saturated rings. The second kappa shape index (κ2) is 10.2. The fraction of sp³-hybridized carbons (Fsp3) is 0.208. The first-order chi connectivity index (χ1) is 14.9. The van der Waals surface area contributed by atoms with E-state index in [1.54, 1.807) is 17.0 Å². The Labute approximate surface area is 183 Å². The van der Waals surface area contributed by atoms with Gasteiger partial charge in [0.25, 0.3) is 0 Å². The lowest BCUT2D eigenvalue weighted by Gasteiger charge is -2.26. The molecule has 0 bridgehead atoms. The highest BCUT2D eigenvalue weighted by Gasteiger charge is 2.25. The van der Waals surface area contributed by atoms with Gasteiger partial charge in [0.2, 0.25) is 15.9 Å². The Morgan fingerprint density at radius 2 is 1.29 bits per heavy atom. The second-order valence-electron chi connectivity index (χ2n) is 7.16. The van der Waals surface area contributed by atoms with Crippen molar-refractivity contribution >= 4 is 15.9 Å². The summed E-state index contributed by atoms with van der Waals surface area (Å²) in [7, 11) is -0.874. The first kappa shape index (κ1) is 22.5. The molecule has 3 rings (SSSR count). The van der Waals surface area contributed by atoms with E-state index < -0.39 is 10.0 Å². The van der Waals surface area contributed by atoms with E-state index in [1.807, 2.05) is 60.7 Å². The molecule has 3 aromatic carbocycles. The molecule has 0 radical (unpaired) electrons. The fourth-order valence-corrected chi connectivity index (χ4v) is 4.26. The van der Waals surface area contributed by atoms with Gasteiger partial charge in [0.05, 0.1) is 18.6 Å². The first-order valence-corrected chi connectivity index (χ1v) is 11.3. The minimum Gasteiger partial charge on any atom is -0.497 e. The van der Waals surface area contributed by atoms with Crippen molar-refractivity contribution in [3.63, 3.8) is 0 Å². The Hall–Kier alpha value is -3.16. The number of carbonyl (C=O) groups excluding carboxylic acids is 1. The van der Waals surface area contributed by atoms with Crippen LogP contribution in [0.5, 0.6) is 5.75 Å². The molecular weight excluding hydrogens is 412 g/mol. The van der Waals surface area contributed by atoms with Crippen molar-refractivity contribution in [2.45, 2.75) is 18.0 Å². The van der Waals surface area contributed by atoms with Crippen molar-refractivity contribution in [3.8, 4) is 5.75 Å². The van der Waals surface area contributed by atoms with Crippen LogP contribution in [0.3, 0.4) is 0 Å². The van der Waals surface area contributed by atoms with Crippen LogP contribution in [0, 0.1) is 0 Å². The van der Waals surface area contributed by atoms with Crippen molar-refractivity contribution in [2.24, 2.45) is 0 Å². The third-order valence-corrected chi connectivity index (χ3v) is 6.73. The van der Waals surface area contributed by atoms with E-state index >= 15 is 0 Å². The maximum Gasteiger partial charge on any atom is 0.243 e. The van der Waals surface area contributed by atoms with Gasteiger partial charge in [0, 0.05) is 20.1 Å². The number of amides is 1. The number of nitrogens with zero attached hydrogens (tertiary/aromatic N) is 2. The highest BCUT2D eigenvalue weighted by atomic mass is 32.2. The highest BCUT2D eigenvalue weighted by molar-refractivity contribution is 7.89. The van der Waals surface area contributed by atoms with Crippen molar-refractivity contribution in [2.75, 3.05) is 20.7 Å². The number of ether oxygens (including phenoxy) is 1. The minimum atomic E-state index is -3.81. The van der Waals surface area contributed by atoms with Crippen molar-refractivity contribution in [1.82, 2.24) is 9.21 Å². The van der Waals surface area contributed by atoms with Gasteiger partial charge in [-0.3, -0.25) is 4.79 Å². The summed E-state index contributed by atoms with van der Waals surface area (Å²) in [5.74, 6) is 0.293. The summed E-state index contributed by atoms with van der Waals surface area (Å²) in [5, 5.41) is 0. The number of hydrogen-bond donors (Lipinski definition) is 0. The number of carbonyl (C=O) groups is 1. The van der Waals surface area contributed by atoms with E-state index in [-0.39, 0.29) is 17.3 Å². The molecule has 0 heterocycles. The largest absolute Gasteiger partial charge is 0.497 e. The van der Waals surface area contributed by atoms with Crippen LogP contribution < -0.4 is 4.74 Å². The van der Waals surface area contributed by atoms with Gasteiger partial charge in [-0.25, -0.2) is 8.42 Å². The van der Waals surface area contributed by atoms with Crippen LogP contribution in [0.4, 0.5) is 0 Å². The lowest BCUT2D eigenvalue weighted by atomic mass is 10.1. The molecule has 7 heteroatoms. The molecule has 6 nitrogen and oxygen atoms in total. The maximum atomic E-state index is 13.1. The molecule has 1 amide bonds. The molecule has 0 aliphatic rings. The molecule has 0 saturated carbocycles. The summed E-state index contributed by atoms with van der Waals surface area (Å²) >= 11 is 0. The summed E-state index contributed by atoms with van der Waals surface area (Å²) in [6.07, 6.45) is 0. The van der Waals surface area contributed by atoms with Gasteiger partial charge in [0.15, 0.2) is 0 Å². The highest BCUT2D eigenvalue weighted by Crippen LogP contribution is 2.19. The average molecular weight is 439 g/mol. The van der Waals surface area contributed by atoms with Gasteiger partial charge < -0.3 is 9.64 Å². The summed E-state index contributed by atoms with van der Waals surface area (Å²) < 4.78 is 32.0. The molecule has 31 heavy (non-hydrogen) atoms. The number of hydrogen-bond acceptors (Lipinski definition) is 4. The number of sulfonamides is 1. The van der Waals surface area contributed by atoms with Crippen LogP contribution >= 0.6 is 0 Å². The zero-order chi connectivity index (χ0) is 22.3. The summed E-state index contributed by atoms with van der Waals surface area (Å²) in [5.41, 5.74) is 1.96. The summed E-state index contributed by atoms with van der Waals surface area (Å²) in [6, 6.07) is 25.4. The van der Waals surface area contributed by atoms with Crippen molar-refractivity contribution in [3.05, 3.63) is 96.1 Å². The lowest BCUT2D eigenvalue weighted by Crippen LogP contribution is -2.40. The van der Waals surface area contributed by atoms with E-state index in [0.29, 0.717) is 18.8 Å². The maximum absolute atomic E-state index is 13.1. The Morgan fingerprint density at radius 3 is 1.74 bits per heavy atom. The van der Waals surface area contributed by atoms with E-state index in [1.165, 1.54) is 26.3 Å². The quantitative estimate of drug-likeness (QED) is 0.513. The van der Waals surface area contributed by atoms with Crippen LogP contribution in [-0.4, -0.2) is 44.2 Å². The van der Waals surface area contributed by atoms with Crippen molar-refractivity contribution in [1.29, 1.82) is 0 Å². The molecule has 0 spiro atoms. The normalized spacial score (nSPS) is 11.3. The average Bonchev–Trinajstić information content (AvgIpc) is 2.80. The van der Waals surface area contributed by atoms with Crippen LogP contribution in [-0.2, 0) is 27.9 Å². The van der Waals surface area contributed by atoms with E-state index in [4.69, 9.17) is 4.74 Å². The van der Waals surface area contributed by atoms with Gasteiger partial charge in [0.1, 0.15) is 5.75 Å². The third-order valence-electron chi connectivity index (χ3n) is 4.91. The molecular formula is C24H26N2O4S. The number of benzene rings is 3. The number of methoxy groups -OCH3 is 1. The Bertz CT molecular complexity index is 1040. The van der Waals surface area contributed by atoms with Gasteiger partial charge >= 0.3 is 0 Å². The molecule has 0 aromatic heterocycles. The van der Waals surface area contributed by atoms with Crippen LogP contribution in [0.1, 0.15) is 11.1 Å². The zero-order valence-corrected chi connectivity index (χ0v) is 18.5. The molecule has 0 atom stereocenters. The Morgan fingerprint density at radius 1 is 0.806 bits per heavy atom. The van der Waals surface area contributed by atoms with Gasteiger partial charge in [-0.15, -0.1) is 0 Å². The molecule has 0 aliphatic heterocycles. The van der Waals surface area contributed by atoms with Crippen molar-refractivity contribution < 1.29 is 17.9 Å². The lowest BCUT2D eigenvalue weighted by molar-refractivity contribution is -0.132. The molecule has 0 N–H and O–H groups in total. The first-order valence-electron chi connectivity index (χ1n) is 9.86. The van der Waals surface area contributed by atoms with Gasteiger partial charge in [-0.1, -0.05) is 60.7 Å². The third kappa shape index (κ3) is 5.93. The molecule has 3 aromatic rings. The van der Waals surface area contributed by atoms with Crippen LogP contribution in [0.25, 0.3) is 0 Å². The smallest absolute Gasteiger partial charge is 0.243 e. The Balaban J connectivity index is 1.77. The summed E-state index contributed by atoms with van der Waals surface area (Å²) in [6.45, 7) is 0.532. The molecule has 0 unspecified atom stereocenters. The standard InChI is InChI=1S/C24H26N2O4S/c1-25(31(28,29)23-15-13-22(30-2)14-16-23)19-24(27)26(17-20-9-5-3-6-10-20)18-21-11-7-4-8-12-21/h3-16H,17-19H2,1-2H3. The predicted molar refractivity (Wildman–Crippen MR) is 120 cm³/mol. The van der Waals surface area contributed by atoms with Crippen LogP contribution in [0.15, 0.2) is 89.8 Å². The van der Waals surface area contributed by atoms with E-state index in [0.717, 1.165) is 15.4 Å². The zero-order valence-electron chi connectivity index (χ0n) is 17.6. The monoisotopic (exact) mass is 438 g/mol. The number of rotatable bonds is 9. The van der Waals surface area contributed by atoms with E-state index in [2.05, 4.69) is 0 Å². The fourth-order valence-electron chi connectivity index (χ4n) is 3.14. The number of likely N-dealkylation sites (N-methyl/N-ethyl adjacent to an activating group) is 1. The topological polar surface area (TPSA) is 66.9 Å². The predicted octanol–water partition coefficient (Wildman–Crippen LogP) is 3.54. The second-order valence-corrected chi connectivity index (χ2v) is 9.20. The molecule has 0 aliphatic carbocycles. The minimum absolute atomic E-state index is 0.112.